The van der Waals surface area contributed by atoms with Gasteiger partial charge in [0.1, 0.15) is 4.60 Å². The van der Waals surface area contributed by atoms with E-state index in [1.54, 1.807) is 0 Å². The molecule has 1 aromatic rings. The third-order valence-electron chi connectivity index (χ3n) is 3.17. The molecular formula is C10H14BrN3S. The Morgan fingerprint density at radius 3 is 3.27 bits per heavy atom. The molecule has 1 N–H and O–H groups in total. The van der Waals surface area contributed by atoms with Crippen molar-refractivity contribution in [1.29, 1.82) is 0 Å². The molecule has 0 radical (unpaired) electrons. The van der Waals surface area contributed by atoms with Gasteiger partial charge in [-0.1, -0.05) is 0 Å². The van der Waals surface area contributed by atoms with Gasteiger partial charge in [-0.15, -0.1) is 0 Å². The lowest BCUT2D eigenvalue weighted by molar-refractivity contribution is 0.463. The van der Waals surface area contributed by atoms with Crippen LogP contribution < -0.4 is 5.32 Å². The minimum atomic E-state index is 0.620. The van der Waals surface area contributed by atoms with Crippen molar-refractivity contribution >= 4 is 27.7 Å². The van der Waals surface area contributed by atoms with Gasteiger partial charge in [0, 0.05) is 17.9 Å². The lowest BCUT2D eigenvalue weighted by Crippen LogP contribution is -2.26. The molecule has 2 aliphatic heterocycles. The Bertz CT molecular complexity index is 371. The van der Waals surface area contributed by atoms with Crippen molar-refractivity contribution in [2.45, 2.75) is 25.4 Å². The molecule has 82 valence electrons. The van der Waals surface area contributed by atoms with E-state index < -0.39 is 0 Å². The van der Waals surface area contributed by atoms with Crippen LogP contribution in [0, 0.1) is 0 Å². The molecule has 3 rings (SSSR count). The molecule has 1 saturated heterocycles. The standard InChI is InChI=1S/C10H14BrN3S/c11-10-8-1-3-12-5-9(8)14(13-10)7-2-4-15-6-7/h7,12H,1-6H2. The van der Waals surface area contributed by atoms with E-state index >= 15 is 0 Å². The van der Waals surface area contributed by atoms with E-state index in [1.807, 2.05) is 11.8 Å². The normalized spacial score (nSPS) is 25.5. The molecule has 0 spiro atoms. The van der Waals surface area contributed by atoms with Gasteiger partial charge in [0.05, 0.1) is 11.7 Å². The number of nitrogens with one attached hydrogen (secondary N) is 1. The number of halogens is 1. The van der Waals surface area contributed by atoms with Crippen LogP contribution in [0.25, 0.3) is 0 Å². The van der Waals surface area contributed by atoms with Crippen molar-refractivity contribution in [1.82, 2.24) is 15.1 Å². The van der Waals surface area contributed by atoms with E-state index in [0.717, 1.165) is 24.1 Å². The Hall–Kier alpha value is -0.0000000000000000763. The monoisotopic (exact) mass is 287 g/mol. The lowest BCUT2D eigenvalue weighted by Gasteiger charge is -2.18. The maximum absolute atomic E-state index is 4.65. The number of aromatic nitrogens is 2. The van der Waals surface area contributed by atoms with Crippen molar-refractivity contribution < 1.29 is 0 Å². The predicted molar refractivity (Wildman–Crippen MR) is 66.3 cm³/mol. The van der Waals surface area contributed by atoms with Crippen LogP contribution in [-0.2, 0) is 13.0 Å². The molecular weight excluding hydrogens is 274 g/mol. The second-order valence-corrected chi connectivity index (χ2v) is 6.01. The minimum Gasteiger partial charge on any atom is -0.311 e. The van der Waals surface area contributed by atoms with Crippen LogP contribution in [-0.4, -0.2) is 27.8 Å². The molecule has 15 heavy (non-hydrogen) atoms. The molecule has 0 bridgehead atoms. The number of nitrogens with zero attached hydrogens (tertiary/aromatic N) is 2. The second kappa shape index (κ2) is 4.11. The van der Waals surface area contributed by atoms with E-state index in [-0.39, 0.29) is 0 Å². The fourth-order valence-corrected chi connectivity index (χ4v) is 4.13. The van der Waals surface area contributed by atoms with Crippen LogP contribution >= 0.6 is 27.7 Å². The number of thioether (sulfide) groups is 1. The summed E-state index contributed by atoms with van der Waals surface area (Å²) in [5.74, 6) is 2.50. The molecule has 0 aliphatic carbocycles. The maximum atomic E-state index is 4.65. The van der Waals surface area contributed by atoms with Crippen molar-refractivity contribution in [3.05, 3.63) is 15.9 Å². The molecule has 5 heteroatoms. The highest BCUT2D eigenvalue weighted by Crippen LogP contribution is 2.32. The molecule has 0 amide bonds. The SMILES string of the molecule is Brc1nn(C2CCSC2)c2c1CCNC2. The molecule has 1 atom stereocenters. The zero-order valence-electron chi connectivity index (χ0n) is 8.50. The third kappa shape index (κ3) is 1.74. The van der Waals surface area contributed by atoms with Gasteiger partial charge in [-0.3, -0.25) is 4.68 Å². The van der Waals surface area contributed by atoms with Crippen molar-refractivity contribution in [2.75, 3.05) is 18.1 Å². The van der Waals surface area contributed by atoms with Gasteiger partial charge in [-0.05, 0) is 41.1 Å². The van der Waals surface area contributed by atoms with Gasteiger partial charge in [0.2, 0.25) is 0 Å². The van der Waals surface area contributed by atoms with E-state index in [2.05, 4.69) is 31.0 Å². The summed E-state index contributed by atoms with van der Waals surface area (Å²) < 4.78 is 3.32. The van der Waals surface area contributed by atoms with Crippen molar-refractivity contribution in [3.63, 3.8) is 0 Å². The van der Waals surface area contributed by atoms with Crippen LogP contribution in [0.15, 0.2) is 4.60 Å². The smallest absolute Gasteiger partial charge is 0.131 e. The first-order chi connectivity index (χ1) is 7.36. The molecule has 1 unspecified atom stereocenters. The summed E-state index contributed by atoms with van der Waals surface area (Å²) >= 11 is 5.62. The average molecular weight is 288 g/mol. The summed E-state index contributed by atoms with van der Waals surface area (Å²) in [5.41, 5.74) is 2.83. The van der Waals surface area contributed by atoms with E-state index in [0.29, 0.717) is 6.04 Å². The molecule has 3 nitrogen and oxygen atoms in total. The lowest BCUT2D eigenvalue weighted by atomic mass is 10.1. The van der Waals surface area contributed by atoms with Crippen LogP contribution in [0.3, 0.4) is 0 Å². The Morgan fingerprint density at radius 2 is 2.47 bits per heavy atom. The second-order valence-electron chi connectivity index (χ2n) is 4.10. The Kier molecular flexibility index (Phi) is 2.79. The summed E-state index contributed by atoms with van der Waals surface area (Å²) in [7, 11) is 0. The number of rotatable bonds is 1. The van der Waals surface area contributed by atoms with Gasteiger partial charge < -0.3 is 5.32 Å². The number of fused-ring (bicyclic) bond motifs is 1. The van der Waals surface area contributed by atoms with Crippen LogP contribution in [0.1, 0.15) is 23.7 Å². The summed E-state index contributed by atoms with van der Waals surface area (Å²) in [5, 5.41) is 8.08. The predicted octanol–water partition coefficient (Wildman–Crippen LogP) is 1.97. The molecule has 0 aromatic carbocycles. The average Bonchev–Trinajstić information content (AvgIpc) is 2.87. The van der Waals surface area contributed by atoms with Gasteiger partial charge >= 0.3 is 0 Å². The highest BCUT2D eigenvalue weighted by atomic mass is 79.9. The molecule has 2 aliphatic rings. The van der Waals surface area contributed by atoms with Gasteiger partial charge in [-0.2, -0.15) is 16.9 Å². The fourth-order valence-electron chi connectivity index (χ4n) is 2.34. The summed E-state index contributed by atoms with van der Waals surface area (Å²) in [6, 6.07) is 0.620. The Labute approximate surface area is 102 Å². The topological polar surface area (TPSA) is 29.9 Å². The third-order valence-corrected chi connectivity index (χ3v) is 4.95. The van der Waals surface area contributed by atoms with E-state index in [4.69, 9.17) is 0 Å². The van der Waals surface area contributed by atoms with Crippen LogP contribution in [0.4, 0.5) is 0 Å². The summed E-state index contributed by atoms with van der Waals surface area (Å²) in [6.45, 7) is 2.06. The first-order valence-corrected chi connectivity index (χ1v) is 7.35. The van der Waals surface area contributed by atoms with Crippen LogP contribution in [0.5, 0.6) is 0 Å². The quantitative estimate of drug-likeness (QED) is 0.857. The van der Waals surface area contributed by atoms with E-state index in [9.17, 15) is 0 Å². The molecule has 1 fully saturated rings. The zero-order chi connectivity index (χ0) is 10.3. The Morgan fingerprint density at radius 1 is 1.53 bits per heavy atom. The molecule has 1 aromatic heterocycles. The van der Waals surface area contributed by atoms with Crippen LogP contribution in [0.2, 0.25) is 0 Å². The first kappa shape index (κ1) is 10.2. The molecule has 3 heterocycles. The summed E-state index contributed by atoms with van der Waals surface area (Å²) in [6.07, 6.45) is 2.38. The van der Waals surface area contributed by atoms with Crippen molar-refractivity contribution in [2.24, 2.45) is 0 Å². The highest BCUT2D eigenvalue weighted by molar-refractivity contribution is 9.10. The summed E-state index contributed by atoms with van der Waals surface area (Å²) in [4.78, 5) is 0. The first-order valence-electron chi connectivity index (χ1n) is 5.40. The number of hydrogen-bond acceptors (Lipinski definition) is 3. The fraction of sp³-hybridized carbons (Fsp3) is 0.700. The largest absolute Gasteiger partial charge is 0.311 e. The maximum Gasteiger partial charge on any atom is 0.131 e. The zero-order valence-corrected chi connectivity index (χ0v) is 10.9. The van der Waals surface area contributed by atoms with E-state index in [1.165, 1.54) is 29.2 Å². The minimum absolute atomic E-state index is 0.620. The highest BCUT2D eigenvalue weighted by Gasteiger charge is 2.25. The van der Waals surface area contributed by atoms with Gasteiger partial charge in [0.15, 0.2) is 0 Å². The van der Waals surface area contributed by atoms with Crippen molar-refractivity contribution in [3.8, 4) is 0 Å². The molecule has 0 saturated carbocycles. The van der Waals surface area contributed by atoms with Gasteiger partial charge in [-0.25, -0.2) is 0 Å². The Balaban J connectivity index is 1.99. The number of hydrogen-bond donors (Lipinski definition) is 1. The van der Waals surface area contributed by atoms with Gasteiger partial charge in [0.25, 0.3) is 0 Å².